The number of nitrogens with one attached hydrogen (secondary N) is 2. The third-order valence-electron chi connectivity index (χ3n) is 4.24. The van der Waals surface area contributed by atoms with E-state index in [0.29, 0.717) is 5.56 Å². The SMILES string of the molecule is CCC[C@@H](O)c1ccc(-c2cccc(C(=O)NCC(=O)NC(C)(C)C)c2)cc1. The Morgan fingerprint density at radius 1 is 1.04 bits per heavy atom. The summed E-state index contributed by atoms with van der Waals surface area (Å²) in [5.41, 5.74) is 2.93. The molecule has 28 heavy (non-hydrogen) atoms. The number of carbonyl (C=O) groups is 2. The zero-order valence-electron chi connectivity index (χ0n) is 17.1. The number of hydrogen-bond acceptors (Lipinski definition) is 3. The van der Waals surface area contributed by atoms with Gasteiger partial charge in [-0.1, -0.05) is 49.7 Å². The highest BCUT2D eigenvalue weighted by Gasteiger charge is 2.15. The highest BCUT2D eigenvalue weighted by atomic mass is 16.3. The van der Waals surface area contributed by atoms with Crippen molar-refractivity contribution >= 4 is 11.8 Å². The van der Waals surface area contributed by atoms with E-state index >= 15 is 0 Å². The Labute approximate surface area is 167 Å². The highest BCUT2D eigenvalue weighted by molar-refractivity contribution is 5.97. The maximum absolute atomic E-state index is 12.4. The lowest BCUT2D eigenvalue weighted by Crippen LogP contribution is -2.45. The van der Waals surface area contributed by atoms with Gasteiger partial charge < -0.3 is 15.7 Å². The molecule has 150 valence electrons. The van der Waals surface area contributed by atoms with E-state index in [0.717, 1.165) is 29.5 Å². The van der Waals surface area contributed by atoms with Crippen molar-refractivity contribution in [3.63, 3.8) is 0 Å². The smallest absolute Gasteiger partial charge is 0.251 e. The predicted molar refractivity (Wildman–Crippen MR) is 112 cm³/mol. The molecule has 2 rings (SSSR count). The summed E-state index contributed by atoms with van der Waals surface area (Å²) in [4.78, 5) is 24.3. The molecule has 2 aromatic rings. The van der Waals surface area contributed by atoms with Crippen molar-refractivity contribution < 1.29 is 14.7 Å². The van der Waals surface area contributed by atoms with E-state index < -0.39 is 6.10 Å². The van der Waals surface area contributed by atoms with Gasteiger partial charge in [-0.25, -0.2) is 0 Å². The second kappa shape index (κ2) is 9.51. The van der Waals surface area contributed by atoms with Crippen molar-refractivity contribution in [1.82, 2.24) is 10.6 Å². The van der Waals surface area contributed by atoms with Crippen LogP contribution < -0.4 is 10.6 Å². The van der Waals surface area contributed by atoms with Gasteiger partial charge in [-0.15, -0.1) is 0 Å². The van der Waals surface area contributed by atoms with Gasteiger partial charge in [-0.2, -0.15) is 0 Å². The minimum absolute atomic E-state index is 0.0651. The summed E-state index contributed by atoms with van der Waals surface area (Å²) in [5.74, 6) is -0.515. The molecule has 0 aliphatic heterocycles. The predicted octanol–water partition coefficient (Wildman–Crippen LogP) is 3.83. The van der Waals surface area contributed by atoms with Crippen LogP contribution in [0.3, 0.4) is 0 Å². The molecule has 0 saturated carbocycles. The minimum atomic E-state index is -0.449. The first kappa shape index (κ1) is 21.6. The Morgan fingerprint density at radius 3 is 2.32 bits per heavy atom. The van der Waals surface area contributed by atoms with Gasteiger partial charge in [0.25, 0.3) is 5.91 Å². The molecule has 2 amide bonds. The molecule has 5 nitrogen and oxygen atoms in total. The fourth-order valence-corrected chi connectivity index (χ4v) is 2.90. The van der Waals surface area contributed by atoms with E-state index in [2.05, 4.69) is 10.6 Å². The first-order valence-corrected chi connectivity index (χ1v) is 9.67. The second-order valence-corrected chi connectivity index (χ2v) is 7.99. The molecule has 2 aromatic carbocycles. The van der Waals surface area contributed by atoms with Crippen LogP contribution in [0.5, 0.6) is 0 Å². The van der Waals surface area contributed by atoms with Gasteiger partial charge >= 0.3 is 0 Å². The second-order valence-electron chi connectivity index (χ2n) is 7.99. The number of hydrogen-bond donors (Lipinski definition) is 3. The summed E-state index contributed by atoms with van der Waals surface area (Å²) in [6.45, 7) is 7.65. The van der Waals surface area contributed by atoms with E-state index in [1.165, 1.54) is 0 Å². The van der Waals surface area contributed by atoms with Crippen molar-refractivity contribution in [1.29, 1.82) is 0 Å². The summed E-state index contributed by atoms with van der Waals surface area (Å²) in [6.07, 6.45) is 1.21. The Balaban J connectivity index is 2.05. The van der Waals surface area contributed by atoms with E-state index in [9.17, 15) is 14.7 Å². The van der Waals surface area contributed by atoms with Crippen LogP contribution in [-0.2, 0) is 4.79 Å². The summed E-state index contributed by atoms with van der Waals surface area (Å²) in [7, 11) is 0. The van der Waals surface area contributed by atoms with Crippen LogP contribution in [0.15, 0.2) is 48.5 Å². The summed E-state index contributed by atoms with van der Waals surface area (Å²) >= 11 is 0. The van der Waals surface area contributed by atoms with Gasteiger partial charge in [0.1, 0.15) is 0 Å². The molecule has 0 fully saturated rings. The molecule has 0 aliphatic carbocycles. The zero-order valence-corrected chi connectivity index (χ0v) is 17.1. The van der Waals surface area contributed by atoms with Crippen LogP contribution in [0.2, 0.25) is 0 Å². The van der Waals surface area contributed by atoms with Gasteiger partial charge in [-0.3, -0.25) is 9.59 Å². The average Bonchev–Trinajstić information content (AvgIpc) is 2.65. The fraction of sp³-hybridized carbons (Fsp3) is 0.391. The average molecular weight is 383 g/mol. The molecule has 0 aliphatic rings. The molecule has 0 heterocycles. The molecule has 0 radical (unpaired) electrons. The molecule has 3 N–H and O–H groups in total. The monoisotopic (exact) mass is 382 g/mol. The van der Waals surface area contributed by atoms with Crippen LogP contribution in [0, 0.1) is 0 Å². The molecular formula is C23H30N2O3. The van der Waals surface area contributed by atoms with Crippen molar-refractivity contribution in [2.24, 2.45) is 0 Å². The third-order valence-corrected chi connectivity index (χ3v) is 4.24. The van der Waals surface area contributed by atoms with Crippen LogP contribution in [-0.4, -0.2) is 29.0 Å². The number of rotatable bonds is 7. The Morgan fingerprint density at radius 2 is 1.71 bits per heavy atom. The molecule has 0 aromatic heterocycles. The standard InChI is InChI=1S/C23H30N2O3/c1-5-7-20(26)17-12-10-16(11-13-17)18-8-6-9-19(14-18)22(28)24-15-21(27)25-23(2,3)4/h6,8-14,20,26H,5,7,15H2,1-4H3,(H,24,28)(H,25,27)/t20-/m1/s1. The summed E-state index contributed by atoms with van der Waals surface area (Å²) < 4.78 is 0. The lowest BCUT2D eigenvalue weighted by molar-refractivity contribution is -0.121. The number of aliphatic hydroxyl groups is 1. The van der Waals surface area contributed by atoms with Gasteiger partial charge in [-0.05, 0) is 56.0 Å². The largest absolute Gasteiger partial charge is 0.388 e. The Bertz CT molecular complexity index is 807. The van der Waals surface area contributed by atoms with Gasteiger partial charge in [0.2, 0.25) is 5.91 Å². The van der Waals surface area contributed by atoms with E-state index in [1.54, 1.807) is 12.1 Å². The molecule has 0 bridgehead atoms. The molecule has 0 spiro atoms. The summed E-state index contributed by atoms with van der Waals surface area (Å²) in [6, 6.07) is 15.0. The Kier molecular flexibility index (Phi) is 7.35. The van der Waals surface area contributed by atoms with Crippen molar-refractivity contribution in [3.8, 4) is 11.1 Å². The van der Waals surface area contributed by atoms with E-state index in [4.69, 9.17) is 0 Å². The topological polar surface area (TPSA) is 78.4 Å². The lowest BCUT2D eigenvalue weighted by atomic mass is 9.99. The van der Waals surface area contributed by atoms with Gasteiger partial charge in [0.05, 0.1) is 12.6 Å². The maximum Gasteiger partial charge on any atom is 0.251 e. The van der Waals surface area contributed by atoms with Crippen molar-refractivity contribution in [2.45, 2.75) is 52.2 Å². The fourth-order valence-electron chi connectivity index (χ4n) is 2.90. The first-order valence-electron chi connectivity index (χ1n) is 9.67. The maximum atomic E-state index is 12.4. The third kappa shape index (κ3) is 6.50. The quantitative estimate of drug-likeness (QED) is 0.681. The lowest BCUT2D eigenvalue weighted by Gasteiger charge is -2.20. The normalized spacial score (nSPS) is 12.3. The van der Waals surface area contributed by atoms with Crippen LogP contribution in [0.4, 0.5) is 0 Å². The molecule has 1 atom stereocenters. The van der Waals surface area contributed by atoms with Gasteiger partial charge in [0.15, 0.2) is 0 Å². The molecule has 0 unspecified atom stereocenters. The van der Waals surface area contributed by atoms with E-state index in [-0.39, 0.29) is 23.9 Å². The summed E-state index contributed by atoms with van der Waals surface area (Å²) in [5, 5.41) is 15.6. The van der Waals surface area contributed by atoms with Crippen LogP contribution in [0.25, 0.3) is 11.1 Å². The van der Waals surface area contributed by atoms with Gasteiger partial charge in [0, 0.05) is 11.1 Å². The van der Waals surface area contributed by atoms with Crippen LogP contribution >= 0.6 is 0 Å². The highest BCUT2D eigenvalue weighted by Crippen LogP contribution is 2.24. The Hall–Kier alpha value is -2.66. The number of amides is 2. The van der Waals surface area contributed by atoms with E-state index in [1.807, 2.05) is 64.1 Å². The minimum Gasteiger partial charge on any atom is -0.388 e. The number of benzene rings is 2. The van der Waals surface area contributed by atoms with Crippen molar-refractivity contribution in [3.05, 3.63) is 59.7 Å². The zero-order chi connectivity index (χ0) is 20.7. The van der Waals surface area contributed by atoms with Crippen molar-refractivity contribution in [2.75, 3.05) is 6.54 Å². The van der Waals surface area contributed by atoms with Crippen LogP contribution in [0.1, 0.15) is 62.6 Å². The molecular weight excluding hydrogens is 352 g/mol. The number of aliphatic hydroxyl groups excluding tert-OH is 1. The molecule has 5 heteroatoms. The number of carbonyl (C=O) groups excluding carboxylic acids is 2. The molecule has 0 saturated heterocycles. The first-order chi connectivity index (χ1) is 13.2.